The normalized spacial score (nSPS) is 17.4. The van der Waals surface area contributed by atoms with Crippen LogP contribution in [0.4, 0.5) is 5.82 Å². The van der Waals surface area contributed by atoms with Gasteiger partial charge in [0, 0.05) is 37.3 Å². The van der Waals surface area contributed by atoms with Crippen molar-refractivity contribution >= 4 is 40.1 Å². The topological polar surface area (TPSA) is 120 Å². The zero-order valence-corrected chi connectivity index (χ0v) is 20.2. The molecule has 5 rings (SSSR count). The summed E-state index contributed by atoms with van der Waals surface area (Å²) in [5, 5.41) is 13.8. The van der Waals surface area contributed by atoms with Gasteiger partial charge in [0.15, 0.2) is 5.78 Å². The Labute approximate surface area is 212 Å². The number of anilines is 1. The van der Waals surface area contributed by atoms with Crippen molar-refractivity contribution in [1.82, 2.24) is 19.9 Å². The number of aliphatic hydroxyl groups excluding tert-OH is 1. The van der Waals surface area contributed by atoms with Crippen molar-refractivity contribution in [3.8, 4) is 11.5 Å². The van der Waals surface area contributed by atoms with Gasteiger partial charge in [0.1, 0.15) is 29.3 Å². The number of ether oxygens (including phenoxy) is 1. The van der Waals surface area contributed by atoms with Gasteiger partial charge < -0.3 is 25.0 Å². The number of aromatic nitrogens is 3. The molecule has 1 amide bonds. The monoisotopic (exact) mass is 505 g/mol. The van der Waals surface area contributed by atoms with Crippen LogP contribution in [0.1, 0.15) is 29.3 Å². The van der Waals surface area contributed by atoms with Crippen LogP contribution in [0.2, 0.25) is 5.02 Å². The summed E-state index contributed by atoms with van der Waals surface area (Å²) in [6.07, 6.45) is 3.55. The smallest absolute Gasteiger partial charge is 0.219 e. The molecule has 1 fully saturated rings. The Morgan fingerprint density at radius 3 is 2.67 bits per heavy atom. The van der Waals surface area contributed by atoms with Crippen LogP contribution in [-0.4, -0.2) is 61.9 Å². The van der Waals surface area contributed by atoms with Gasteiger partial charge in [-0.05, 0) is 30.7 Å². The van der Waals surface area contributed by atoms with Crippen molar-refractivity contribution in [3.05, 3.63) is 77.2 Å². The van der Waals surface area contributed by atoms with Crippen molar-refractivity contribution in [1.29, 1.82) is 0 Å². The molecule has 36 heavy (non-hydrogen) atoms. The van der Waals surface area contributed by atoms with Gasteiger partial charge >= 0.3 is 0 Å². The molecule has 1 saturated heterocycles. The average molecular weight is 506 g/mol. The van der Waals surface area contributed by atoms with E-state index in [-0.39, 0.29) is 35.4 Å². The zero-order chi connectivity index (χ0) is 25.2. The molecule has 0 spiro atoms. The number of likely N-dealkylation sites (tertiary alicyclic amines) is 1. The summed E-state index contributed by atoms with van der Waals surface area (Å²) in [4.78, 5) is 38.8. The maximum Gasteiger partial charge on any atom is 0.219 e. The second-order valence-electron chi connectivity index (χ2n) is 8.62. The van der Waals surface area contributed by atoms with Crippen LogP contribution in [0.3, 0.4) is 0 Å². The first-order valence-electron chi connectivity index (χ1n) is 11.5. The minimum Gasteiger partial charge on any atom is -0.457 e. The van der Waals surface area contributed by atoms with Crippen molar-refractivity contribution in [2.24, 2.45) is 0 Å². The van der Waals surface area contributed by atoms with Gasteiger partial charge in [0.2, 0.25) is 5.91 Å². The Morgan fingerprint density at radius 1 is 1.17 bits per heavy atom. The van der Waals surface area contributed by atoms with E-state index in [1.807, 2.05) is 30.3 Å². The highest BCUT2D eigenvalue weighted by Gasteiger charge is 2.34. The highest BCUT2D eigenvalue weighted by molar-refractivity contribution is 6.35. The lowest BCUT2D eigenvalue weighted by Crippen LogP contribution is -2.36. The molecule has 184 valence electrons. The molecular weight excluding hydrogens is 482 g/mol. The first kappa shape index (κ1) is 23.8. The van der Waals surface area contributed by atoms with Crippen LogP contribution in [0.15, 0.2) is 61.1 Å². The zero-order valence-electron chi connectivity index (χ0n) is 19.4. The summed E-state index contributed by atoms with van der Waals surface area (Å²) in [5.74, 6) is 1.26. The first-order valence-corrected chi connectivity index (χ1v) is 11.9. The van der Waals surface area contributed by atoms with Gasteiger partial charge in [0.05, 0.1) is 28.6 Å². The lowest BCUT2D eigenvalue weighted by Gasteiger charge is -2.20. The van der Waals surface area contributed by atoms with E-state index in [0.717, 1.165) is 0 Å². The van der Waals surface area contributed by atoms with Crippen LogP contribution in [-0.2, 0) is 4.79 Å². The molecule has 10 heteroatoms. The largest absolute Gasteiger partial charge is 0.457 e. The number of aliphatic hydroxyl groups is 1. The Kier molecular flexibility index (Phi) is 6.58. The van der Waals surface area contributed by atoms with E-state index in [9.17, 15) is 14.7 Å². The predicted molar refractivity (Wildman–Crippen MR) is 136 cm³/mol. The summed E-state index contributed by atoms with van der Waals surface area (Å²) in [7, 11) is 0. The molecule has 1 aliphatic heterocycles. The number of nitrogens with zero attached hydrogens (tertiary/aromatic N) is 3. The number of benzene rings is 2. The maximum absolute atomic E-state index is 13.5. The second kappa shape index (κ2) is 9.96. The molecule has 2 aromatic heterocycles. The Balaban J connectivity index is 1.42. The summed E-state index contributed by atoms with van der Waals surface area (Å²) < 4.78 is 5.81. The third kappa shape index (κ3) is 4.62. The molecule has 0 radical (unpaired) electrons. The Morgan fingerprint density at radius 2 is 1.97 bits per heavy atom. The summed E-state index contributed by atoms with van der Waals surface area (Å²) in [6, 6.07) is 13.8. The molecule has 0 bridgehead atoms. The number of amides is 1. The van der Waals surface area contributed by atoms with E-state index in [4.69, 9.17) is 16.3 Å². The van der Waals surface area contributed by atoms with Gasteiger partial charge in [-0.3, -0.25) is 9.59 Å². The van der Waals surface area contributed by atoms with Gasteiger partial charge in [-0.15, -0.1) is 0 Å². The molecule has 2 atom stereocenters. The molecule has 0 aliphatic carbocycles. The maximum atomic E-state index is 13.5. The van der Waals surface area contributed by atoms with Crippen LogP contribution < -0.4 is 10.1 Å². The minimum absolute atomic E-state index is 0.0990. The number of para-hydroxylation sites is 1. The van der Waals surface area contributed by atoms with E-state index in [1.54, 1.807) is 29.3 Å². The van der Waals surface area contributed by atoms with Gasteiger partial charge in [-0.2, -0.15) is 0 Å². The number of rotatable bonds is 7. The van der Waals surface area contributed by atoms with Gasteiger partial charge in [-0.25, -0.2) is 9.97 Å². The number of hydrogen-bond donors (Lipinski definition) is 3. The third-order valence-electron chi connectivity index (χ3n) is 6.25. The molecule has 1 aliphatic rings. The number of aromatic amines is 1. The molecule has 3 heterocycles. The Bertz CT molecular complexity index is 1420. The van der Waals surface area contributed by atoms with Gasteiger partial charge in [-0.1, -0.05) is 29.8 Å². The molecule has 2 aromatic carbocycles. The van der Waals surface area contributed by atoms with Crippen molar-refractivity contribution < 1.29 is 19.4 Å². The van der Waals surface area contributed by atoms with E-state index in [0.29, 0.717) is 52.4 Å². The van der Waals surface area contributed by atoms with Crippen molar-refractivity contribution in [2.75, 3.05) is 18.5 Å². The number of fused-ring (bicyclic) bond motifs is 1. The molecule has 4 aromatic rings. The molecule has 3 N–H and O–H groups in total. The van der Waals surface area contributed by atoms with Crippen LogP contribution >= 0.6 is 11.6 Å². The molecular formula is C26H24ClN5O4. The average Bonchev–Trinajstić information content (AvgIpc) is 3.49. The van der Waals surface area contributed by atoms with Crippen molar-refractivity contribution in [3.63, 3.8) is 0 Å². The van der Waals surface area contributed by atoms with Crippen LogP contribution in [0.5, 0.6) is 11.5 Å². The number of H-pyrrole nitrogens is 1. The predicted octanol–water partition coefficient (Wildman–Crippen LogP) is 4.03. The second-order valence-corrected chi connectivity index (χ2v) is 9.03. The van der Waals surface area contributed by atoms with E-state index in [2.05, 4.69) is 20.3 Å². The summed E-state index contributed by atoms with van der Waals surface area (Å²) in [5.41, 5.74) is 1.18. The first-order chi connectivity index (χ1) is 17.4. The number of ketones is 1. The van der Waals surface area contributed by atoms with E-state index >= 15 is 0 Å². The number of hydrogen-bond acceptors (Lipinski definition) is 7. The van der Waals surface area contributed by atoms with E-state index in [1.165, 1.54) is 13.3 Å². The summed E-state index contributed by atoms with van der Waals surface area (Å²) in [6.45, 7) is 1.79. The lowest BCUT2D eigenvalue weighted by atomic mass is 10.0. The van der Waals surface area contributed by atoms with Crippen LogP contribution in [0, 0.1) is 0 Å². The molecule has 0 saturated carbocycles. The van der Waals surface area contributed by atoms with Gasteiger partial charge in [0.25, 0.3) is 0 Å². The Hall–Kier alpha value is -3.95. The minimum atomic E-state index is -0.291. The summed E-state index contributed by atoms with van der Waals surface area (Å²) >= 11 is 6.49. The molecule has 0 unspecified atom stereocenters. The quantitative estimate of drug-likeness (QED) is 0.324. The molecule has 9 nitrogen and oxygen atoms in total. The SMILES string of the molecule is CC(=O)N1C[C@H](Nc2ncnc3[nH]cc(C(=O)c4ccc(Oc5ccccc5)cc4Cl)c23)C[C@H]1CO. The number of carbonyl (C=O) groups is 2. The fraction of sp³-hybridized carbons (Fsp3) is 0.231. The number of carbonyl (C=O) groups excluding carboxylic acids is 2. The number of halogens is 1. The fourth-order valence-corrected chi connectivity index (χ4v) is 4.79. The highest BCUT2D eigenvalue weighted by atomic mass is 35.5. The third-order valence-corrected chi connectivity index (χ3v) is 6.56. The fourth-order valence-electron chi connectivity index (χ4n) is 4.54. The standard InChI is InChI=1S/C26H24ClN5O4/c1-15(34)32-12-16(9-17(32)13-33)31-26-23-21(11-28-25(23)29-14-30-26)24(35)20-8-7-19(10-22(20)27)36-18-5-3-2-4-6-18/h2-8,10-11,14,16-17,33H,9,12-13H2,1H3,(H2,28,29,30,31)/t16-,17+/m1/s1. The lowest BCUT2D eigenvalue weighted by molar-refractivity contribution is -0.130. The highest BCUT2D eigenvalue weighted by Crippen LogP contribution is 2.32. The number of nitrogens with one attached hydrogen (secondary N) is 2. The van der Waals surface area contributed by atoms with E-state index < -0.39 is 0 Å². The van der Waals surface area contributed by atoms with Crippen LogP contribution in [0.25, 0.3) is 11.0 Å². The van der Waals surface area contributed by atoms with Crippen molar-refractivity contribution in [2.45, 2.75) is 25.4 Å².